The maximum Gasteiger partial charge on any atom is 0.401 e. The summed E-state index contributed by atoms with van der Waals surface area (Å²) in [5, 5.41) is 0. The zero-order valence-electron chi connectivity index (χ0n) is 10.9. The number of rotatable bonds is 7. The molecule has 0 radical (unpaired) electrons. The molecule has 108 valence electrons. The van der Waals surface area contributed by atoms with Crippen molar-refractivity contribution in [2.75, 3.05) is 26.2 Å². The van der Waals surface area contributed by atoms with Gasteiger partial charge in [0, 0.05) is 13.1 Å². The van der Waals surface area contributed by atoms with Crippen molar-refractivity contribution in [2.45, 2.75) is 19.6 Å². The molecule has 0 bridgehead atoms. The highest BCUT2D eigenvalue weighted by atomic mass is 19.4. The second kappa shape index (κ2) is 7.35. The number of ether oxygens (including phenoxy) is 1. The Morgan fingerprint density at radius 3 is 2.63 bits per heavy atom. The molecule has 3 nitrogen and oxygen atoms in total. The van der Waals surface area contributed by atoms with Crippen LogP contribution in [0.25, 0.3) is 0 Å². The molecule has 1 aromatic carbocycles. The zero-order chi connectivity index (χ0) is 14.3. The summed E-state index contributed by atoms with van der Waals surface area (Å²) in [6.07, 6.45) is -4.17. The fourth-order valence-corrected chi connectivity index (χ4v) is 1.66. The molecule has 0 amide bonds. The maximum absolute atomic E-state index is 12.2. The minimum atomic E-state index is -4.17. The Kier molecular flexibility index (Phi) is 6.11. The predicted octanol–water partition coefficient (Wildman–Crippen LogP) is 2.41. The first-order valence-electron chi connectivity index (χ1n) is 6.15. The molecule has 0 aliphatic carbocycles. The van der Waals surface area contributed by atoms with Crippen LogP contribution in [0.2, 0.25) is 0 Å². The Balaban J connectivity index is 2.39. The van der Waals surface area contributed by atoms with E-state index in [0.29, 0.717) is 18.8 Å². The molecule has 0 unspecified atom stereocenters. The van der Waals surface area contributed by atoms with Crippen LogP contribution in [0.5, 0.6) is 5.75 Å². The molecule has 6 heteroatoms. The summed E-state index contributed by atoms with van der Waals surface area (Å²) in [6, 6.07) is 7.24. The topological polar surface area (TPSA) is 38.5 Å². The third-order valence-corrected chi connectivity index (χ3v) is 2.66. The monoisotopic (exact) mass is 276 g/mol. The van der Waals surface area contributed by atoms with Crippen molar-refractivity contribution in [3.63, 3.8) is 0 Å². The van der Waals surface area contributed by atoms with Crippen LogP contribution in [0, 0.1) is 0 Å². The van der Waals surface area contributed by atoms with E-state index in [-0.39, 0.29) is 13.2 Å². The molecule has 2 N–H and O–H groups in total. The fraction of sp³-hybridized carbons (Fsp3) is 0.538. The van der Waals surface area contributed by atoms with Crippen LogP contribution in [0.15, 0.2) is 24.3 Å². The smallest absolute Gasteiger partial charge is 0.401 e. The molecule has 19 heavy (non-hydrogen) atoms. The molecule has 1 aromatic rings. The molecule has 0 saturated carbocycles. The van der Waals surface area contributed by atoms with Crippen LogP contribution in [-0.4, -0.2) is 37.3 Å². The van der Waals surface area contributed by atoms with Gasteiger partial charge < -0.3 is 10.5 Å². The normalized spacial score (nSPS) is 11.9. The summed E-state index contributed by atoms with van der Waals surface area (Å²) >= 11 is 0. The van der Waals surface area contributed by atoms with Gasteiger partial charge in [0.15, 0.2) is 0 Å². The van der Waals surface area contributed by atoms with Gasteiger partial charge in [-0.3, -0.25) is 4.90 Å². The van der Waals surface area contributed by atoms with Crippen LogP contribution in [0.3, 0.4) is 0 Å². The lowest BCUT2D eigenvalue weighted by molar-refractivity contribution is -0.146. The first kappa shape index (κ1) is 15.8. The van der Waals surface area contributed by atoms with Gasteiger partial charge in [-0.15, -0.1) is 0 Å². The molecule has 0 aliphatic heterocycles. The average Bonchev–Trinajstić information content (AvgIpc) is 2.36. The Morgan fingerprint density at radius 1 is 1.32 bits per heavy atom. The lowest BCUT2D eigenvalue weighted by Crippen LogP contribution is -2.36. The van der Waals surface area contributed by atoms with Crippen molar-refractivity contribution in [1.82, 2.24) is 4.90 Å². The number of nitrogens with zero attached hydrogens (tertiary/aromatic N) is 1. The number of benzene rings is 1. The average molecular weight is 276 g/mol. The first-order chi connectivity index (χ1) is 8.94. The minimum absolute atomic E-state index is 0.220. The van der Waals surface area contributed by atoms with E-state index in [1.807, 2.05) is 12.1 Å². The summed E-state index contributed by atoms with van der Waals surface area (Å²) < 4.78 is 42.2. The molecule has 0 fully saturated rings. The lowest BCUT2D eigenvalue weighted by Gasteiger charge is -2.21. The standard InChI is InChI=1S/C13H19F3N2O/c1-2-18(10-13(14,15)16)6-7-19-12-5-3-4-11(8-12)9-17/h3-5,8H,2,6-7,9-10,17H2,1H3. The molecule has 0 atom stereocenters. The highest BCUT2D eigenvalue weighted by Crippen LogP contribution is 2.16. The van der Waals surface area contributed by atoms with Crippen molar-refractivity contribution in [3.8, 4) is 5.75 Å². The van der Waals surface area contributed by atoms with Crippen LogP contribution in [0.1, 0.15) is 12.5 Å². The van der Waals surface area contributed by atoms with E-state index < -0.39 is 12.7 Å². The Hall–Kier alpha value is -1.27. The largest absolute Gasteiger partial charge is 0.492 e. The summed E-state index contributed by atoms with van der Waals surface area (Å²) in [5.41, 5.74) is 6.43. The van der Waals surface area contributed by atoms with Gasteiger partial charge in [0.05, 0.1) is 6.54 Å². The van der Waals surface area contributed by atoms with E-state index in [2.05, 4.69) is 0 Å². The van der Waals surface area contributed by atoms with E-state index in [9.17, 15) is 13.2 Å². The Morgan fingerprint density at radius 2 is 2.05 bits per heavy atom. The number of alkyl halides is 3. The summed E-state index contributed by atoms with van der Waals surface area (Å²) in [4.78, 5) is 1.30. The van der Waals surface area contributed by atoms with Crippen molar-refractivity contribution in [2.24, 2.45) is 5.73 Å². The van der Waals surface area contributed by atoms with Gasteiger partial charge in [0.25, 0.3) is 0 Å². The van der Waals surface area contributed by atoms with Crippen LogP contribution < -0.4 is 10.5 Å². The Bertz CT molecular complexity index is 382. The van der Waals surface area contributed by atoms with E-state index in [4.69, 9.17) is 10.5 Å². The van der Waals surface area contributed by atoms with Gasteiger partial charge >= 0.3 is 6.18 Å². The highest BCUT2D eigenvalue weighted by molar-refractivity contribution is 5.28. The molecular formula is C13H19F3N2O. The summed E-state index contributed by atoms with van der Waals surface area (Å²) in [6.45, 7) is 2.00. The second-order valence-corrected chi connectivity index (χ2v) is 4.18. The molecule has 0 spiro atoms. The molecule has 0 aliphatic rings. The zero-order valence-corrected chi connectivity index (χ0v) is 10.9. The predicted molar refractivity (Wildman–Crippen MR) is 68.0 cm³/mol. The molecular weight excluding hydrogens is 257 g/mol. The van der Waals surface area contributed by atoms with Gasteiger partial charge in [-0.25, -0.2) is 0 Å². The van der Waals surface area contributed by atoms with Crippen molar-refractivity contribution in [1.29, 1.82) is 0 Å². The van der Waals surface area contributed by atoms with E-state index in [1.54, 1.807) is 19.1 Å². The molecule has 0 heterocycles. The van der Waals surface area contributed by atoms with Crippen LogP contribution in [0.4, 0.5) is 13.2 Å². The SMILES string of the molecule is CCN(CCOc1cccc(CN)c1)CC(F)(F)F. The van der Waals surface area contributed by atoms with Crippen LogP contribution >= 0.6 is 0 Å². The maximum atomic E-state index is 12.2. The van der Waals surface area contributed by atoms with E-state index in [1.165, 1.54) is 4.90 Å². The molecule has 0 saturated heterocycles. The van der Waals surface area contributed by atoms with Gasteiger partial charge in [0.2, 0.25) is 0 Å². The highest BCUT2D eigenvalue weighted by Gasteiger charge is 2.29. The fourth-order valence-electron chi connectivity index (χ4n) is 1.66. The van der Waals surface area contributed by atoms with Crippen molar-refractivity contribution >= 4 is 0 Å². The van der Waals surface area contributed by atoms with E-state index >= 15 is 0 Å². The van der Waals surface area contributed by atoms with E-state index in [0.717, 1.165) is 5.56 Å². The third kappa shape index (κ3) is 6.45. The number of hydrogen-bond acceptors (Lipinski definition) is 3. The van der Waals surface area contributed by atoms with Crippen LogP contribution in [-0.2, 0) is 6.54 Å². The number of likely N-dealkylation sites (N-methyl/N-ethyl adjacent to an activating group) is 1. The third-order valence-electron chi connectivity index (χ3n) is 2.66. The number of hydrogen-bond donors (Lipinski definition) is 1. The first-order valence-corrected chi connectivity index (χ1v) is 6.15. The van der Waals surface area contributed by atoms with Gasteiger partial charge in [-0.1, -0.05) is 19.1 Å². The summed E-state index contributed by atoms with van der Waals surface area (Å²) in [5.74, 6) is 0.631. The van der Waals surface area contributed by atoms with Crippen molar-refractivity contribution in [3.05, 3.63) is 29.8 Å². The minimum Gasteiger partial charge on any atom is -0.492 e. The molecule has 1 rings (SSSR count). The Labute approximate surface area is 111 Å². The molecule has 0 aromatic heterocycles. The number of halogens is 3. The van der Waals surface area contributed by atoms with Gasteiger partial charge in [0.1, 0.15) is 12.4 Å². The van der Waals surface area contributed by atoms with Gasteiger partial charge in [-0.05, 0) is 24.2 Å². The second-order valence-electron chi connectivity index (χ2n) is 4.18. The number of nitrogens with two attached hydrogens (primary N) is 1. The quantitative estimate of drug-likeness (QED) is 0.831. The summed E-state index contributed by atoms with van der Waals surface area (Å²) in [7, 11) is 0. The van der Waals surface area contributed by atoms with Gasteiger partial charge in [-0.2, -0.15) is 13.2 Å². The lowest BCUT2D eigenvalue weighted by atomic mass is 10.2. The van der Waals surface area contributed by atoms with Crippen molar-refractivity contribution < 1.29 is 17.9 Å².